The van der Waals surface area contributed by atoms with Crippen LogP contribution < -0.4 is 5.32 Å². The second-order valence-corrected chi connectivity index (χ2v) is 5.47. The van der Waals surface area contributed by atoms with E-state index in [9.17, 15) is 4.79 Å². The Balaban J connectivity index is 1.93. The van der Waals surface area contributed by atoms with Gasteiger partial charge in [0.1, 0.15) is 6.04 Å². The first-order valence-electron chi connectivity index (χ1n) is 6.22. The summed E-state index contributed by atoms with van der Waals surface area (Å²) in [6.45, 7) is 2.14. The first-order valence-corrected chi connectivity index (χ1v) is 7.10. The molecule has 0 amide bonds. The maximum absolute atomic E-state index is 11.8. The molecule has 1 N–H and O–H groups in total. The van der Waals surface area contributed by atoms with E-state index in [4.69, 9.17) is 9.47 Å². The van der Waals surface area contributed by atoms with Gasteiger partial charge in [-0.25, -0.2) is 0 Å². The van der Waals surface area contributed by atoms with Gasteiger partial charge in [0.25, 0.3) is 0 Å². The lowest BCUT2D eigenvalue weighted by atomic mass is 9.93. The number of esters is 1. The molecule has 1 aliphatic heterocycles. The highest BCUT2D eigenvalue weighted by molar-refractivity contribution is 7.09. The zero-order valence-corrected chi connectivity index (χ0v) is 11.4. The number of methoxy groups -OCH3 is 1. The monoisotopic (exact) mass is 269 g/mol. The van der Waals surface area contributed by atoms with Crippen molar-refractivity contribution in [2.45, 2.75) is 25.4 Å². The van der Waals surface area contributed by atoms with E-state index in [2.05, 4.69) is 11.4 Å². The molecular formula is C13H19NO3S. The van der Waals surface area contributed by atoms with Gasteiger partial charge in [-0.2, -0.15) is 0 Å². The lowest BCUT2D eigenvalue weighted by Gasteiger charge is -2.29. The minimum Gasteiger partial charge on any atom is -0.468 e. The Morgan fingerprint density at radius 1 is 1.72 bits per heavy atom. The topological polar surface area (TPSA) is 47.6 Å². The van der Waals surface area contributed by atoms with Gasteiger partial charge >= 0.3 is 5.97 Å². The summed E-state index contributed by atoms with van der Waals surface area (Å²) in [4.78, 5) is 13.1. The van der Waals surface area contributed by atoms with Crippen LogP contribution >= 0.6 is 11.3 Å². The van der Waals surface area contributed by atoms with Crippen molar-refractivity contribution in [3.8, 4) is 0 Å². The Bertz CT molecular complexity index is 360. The van der Waals surface area contributed by atoms with E-state index in [1.807, 2.05) is 11.4 Å². The number of rotatable bonds is 5. The molecule has 0 spiro atoms. The summed E-state index contributed by atoms with van der Waals surface area (Å²) >= 11 is 1.69. The molecule has 1 saturated heterocycles. The largest absolute Gasteiger partial charge is 0.468 e. The van der Waals surface area contributed by atoms with Gasteiger partial charge in [-0.3, -0.25) is 10.1 Å². The number of carbonyl (C=O) groups excluding carboxylic acids is 1. The summed E-state index contributed by atoms with van der Waals surface area (Å²) in [6.07, 6.45) is 2.02. The van der Waals surface area contributed by atoms with Gasteiger partial charge in [0.2, 0.25) is 0 Å². The van der Waals surface area contributed by atoms with Crippen LogP contribution in [0.5, 0.6) is 0 Å². The van der Waals surface area contributed by atoms with Crippen molar-refractivity contribution >= 4 is 17.3 Å². The van der Waals surface area contributed by atoms with E-state index in [1.54, 1.807) is 11.3 Å². The molecule has 18 heavy (non-hydrogen) atoms. The summed E-state index contributed by atoms with van der Waals surface area (Å²) in [7, 11) is 1.44. The van der Waals surface area contributed by atoms with E-state index in [0.717, 1.165) is 19.4 Å². The standard InChI is InChI=1S/C13H19NO3S/c1-16-13(15)12(10-4-2-6-17-9-10)14-8-11-5-3-7-18-11/h3,5,7,10,12,14H,2,4,6,8-9H2,1H3. The average Bonchev–Trinajstić information content (AvgIpc) is 2.93. The molecule has 2 rings (SSSR count). The third-order valence-electron chi connectivity index (χ3n) is 3.20. The number of hydrogen-bond donors (Lipinski definition) is 1. The quantitative estimate of drug-likeness (QED) is 0.828. The van der Waals surface area contributed by atoms with Crippen molar-refractivity contribution in [2.75, 3.05) is 20.3 Å². The first kappa shape index (κ1) is 13.5. The third-order valence-corrected chi connectivity index (χ3v) is 4.07. The second-order valence-electron chi connectivity index (χ2n) is 4.44. The number of hydrogen-bond acceptors (Lipinski definition) is 5. The lowest BCUT2D eigenvalue weighted by Crippen LogP contribution is -2.46. The van der Waals surface area contributed by atoms with Gasteiger partial charge in [-0.05, 0) is 24.3 Å². The highest BCUT2D eigenvalue weighted by Gasteiger charge is 2.30. The molecule has 0 aromatic carbocycles. The maximum atomic E-state index is 11.8. The Morgan fingerprint density at radius 2 is 2.61 bits per heavy atom. The highest BCUT2D eigenvalue weighted by Crippen LogP contribution is 2.19. The third kappa shape index (κ3) is 3.54. The molecule has 2 heterocycles. The summed E-state index contributed by atoms with van der Waals surface area (Å²) in [5, 5.41) is 5.33. The van der Waals surface area contributed by atoms with Gasteiger partial charge in [-0.15, -0.1) is 11.3 Å². The number of carbonyl (C=O) groups is 1. The minimum atomic E-state index is -0.266. The number of thiophene rings is 1. The zero-order valence-electron chi connectivity index (χ0n) is 10.6. The van der Waals surface area contributed by atoms with Crippen molar-refractivity contribution in [3.63, 3.8) is 0 Å². The Labute approximate surface area is 111 Å². The van der Waals surface area contributed by atoms with Crippen LogP contribution in [0.25, 0.3) is 0 Å². The predicted octanol–water partition coefficient (Wildman–Crippen LogP) is 1.81. The number of ether oxygens (including phenoxy) is 2. The smallest absolute Gasteiger partial charge is 0.323 e. The van der Waals surface area contributed by atoms with Gasteiger partial charge in [-0.1, -0.05) is 6.07 Å². The molecule has 5 heteroatoms. The minimum absolute atomic E-state index is 0.193. The van der Waals surface area contributed by atoms with E-state index >= 15 is 0 Å². The lowest BCUT2D eigenvalue weighted by molar-refractivity contribution is -0.146. The van der Waals surface area contributed by atoms with Crippen molar-refractivity contribution in [1.82, 2.24) is 5.32 Å². The predicted molar refractivity (Wildman–Crippen MR) is 70.5 cm³/mol. The zero-order chi connectivity index (χ0) is 12.8. The van der Waals surface area contributed by atoms with Crippen molar-refractivity contribution < 1.29 is 14.3 Å². The molecule has 1 aliphatic rings. The van der Waals surface area contributed by atoms with E-state index in [1.165, 1.54) is 12.0 Å². The Kier molecular flexibility index (Phi) is 5.16. The first-order chi connectivity index (χ1) is 8.81. The van der Waals surface area contributed by atoms with Crippen LogP contribution in [0.3, 0.4) is 0 Å². The molecule has 2 unspecified atom stereocenters. The summed E-state index contributed by atoms with van der Waals surface area (Å²) in [5.41, 5.74) is 0. The van der Waals surface area contributed by atoms with Crippen molar-refractivity contribution in [2.24, 2.45) is 5.92 Å². The van der Waals surface area contributed by atoms with Crippen molar-refractivity contribution in [1.29, 1.82) is 0 Å². The molecule has 0 aliphatic carbocycles. The Morgan fingerprint density at radius 3 is 3.22 bits per heavy atom. The molecule has 2 atom stereocenters. The van der Waals surface area contributed by atoms with Gasteiger partial charge in [0.05, 0.1) is 13.7 Å². The second kappa shape index (κ2) is 6.87. The fourth-order valence-electron chi connectivity index (χ4n) is 2.22. The molecule has 0 radical (unpaired) electrons. The van der Waals surface area contributed by atoms with Crippen LogP contribution in [0, 0.1) is 5.92 Å². The van der Waals surface area contributed by atoms with E-state index in [-0.39, 0.29) is 17.9 Å². The maximum Gasteiger partial charge on any atom is 0.323 e. The van der Waals surface area contributed by atoms with Gasteiger partial charge < -0.3 is 9.47 Å². The molecular weight excluding hydrogens is 250 g/mol. The molecule has 100 valence electrons. The summed E-state index contributed by atoms with van der Waals surface area (Å²) < 4.78 is 10.3. The van der Waals surface area contributed by atoms with Crippen molar-refractivity contribution in [3.05, 3.63) is 22.4 Å². The van der Waals surface area contributed by atoms with Crippen LogP contribution in [0.2, 0.25) is 0 Å². The molecule has 1 aromatic heterocycles. The normalized spacial score (nSPS) is 21.5. The molecule has 1 fully saturated rings. The summed E-state index contributed by atoms with van der Waals surface area (Å²) in [6, 6.07) is 3.81. The highest BCUT2D eigenvalue weighted by atomic mass is 32.1. The summed E-state index contributed by atoms with van der Waals surface area (Å²) in [5.74, 6) is 0.0215. The molecule has 0 bridgehead atoms. The Hall–Kier alpha value is -0.910. The average molecular weight is 269 g/mol. The van der Waals surface area contributed by atoms with Crippen LogP contribution in [0.15, 0.2) is 17.5 Å². The van der Waals surface area contributed by atoms with Crippen LogP contribution in [-0.2, 0) is 20.8 Å². The van der Waals surface area contributed by atoms with E-state index in [0.29, 0.717) is 13.2 Å². The van der Waals surface area contributed by atoms with Crippen LogP contribution in [-0.4, -0.2) is 32.3 Å². The number of nitrogens with one attached hydrogen (secondary N) is 1. The van der Waals surface area contributed by atoms with Crippen LogP contribution in [0.1, 0.15) is 17.7 Å². The molecule has 4 nitrogen and oxygen atoms in total. The van der Waals surface area contributed by atoms with Crippen LogP contribution in [0.4, 0.5) is 0 Å². The van der Waals surface area contributed by atoms with Gasteiger partial charge in [0.15, 0.2) is 0 Å². The SMILES string of the molecule is COC(=O)C(NCc1cccs1)C1CCCOC1. The van der Waals surface area contributed by atoms with Gasteiger partial charge in [0, 0.05) is 23.9 Å². The fraction of sp³-hybridized carbons (Fsp3) is 0.615. The molecule has 1 aromatic rings. The fourth-order valence-corrected chi connectivity index (χ4v) is 2.88. The molecule has 0 saturated carbocycles. The van der Waals surface area contributed by atoms with E-state index < -0.39 is 0 Å².